The minimum Gasteiger partial charge on any atom is -0.480 e. The molecule has 3 heterocycles. The van der Waals surface area contributed by atoms with Gasteiger partial charge in [0.25, 0.3) is 5.91 Å². The first-order valence-electron chi connectivity index (χ1n) is 7.81. The molecule has 0 spiro atoms. The molecule has 0 fully saturated rings. The second-order valence-electron chi connectivity index (χ2n) is 6.06. The van der Waals surface area contributed by atoms with Crippen molar-refractivity contribution in [2.75, 3.05) is 0 Å². The van der Waals surface area contributed by atoms with E-state index in [2.05, 4.69) is 15.0 Å². The molecular formula is C17H13FN4O4. The fraction of sp³-hybridized carbons (Fsp3) is 0.176. The first kappa shape index (κ1) is 16.0. The second-order valence-corrected chi connectivity index (χ2v) is 6.06. The predicted molar refractivity (Wildman–Crippen MR) is 88.1 cm³/mol. The molecule has 26 heavy (non-hydrogen) atoms. The van der Waals surface area contributed by atoms with Gasteiger partial charge in [0.15, 0.2) is 0 Å². The second kappa shape index (κ2) is 5.80. The number of fused-ring (bicyclic) bond motifs is 2. The number of carbonyl (C=O) groups is 2. The quantitative estimate of drug-likeness (QED) is 0.634. The van der Waals surface area contributed by atoms with Crippen molar-refractivity contribution in [3.8, 4) is 0 Å². The molecular weight excluding hydrogens is 343 g/mol. The summed E-state index contributed by atoms with van der Waals surface area (Å²) in [5, 5.41) is 9.74. The molecule has 2 aromatic heterocycles. The molecule has 3 N–H and O–H groups in total. The molecule has 1 aromatic carbocycles. The monoisotopic (exact) mass is 356 g/mol. The Kier molecular flexibility index (Phi) is 3.57. The maximum atomic E-state index is 13.7. The first-order chi connectivity index (χ1) is 12.4. The van der Waals surface area contributed by atoms with Crippen molar-refractivity contribution in [1.82, 2.24) is 19.9 Å². The summed E-state index contributed by atoms with van der Waals surface area (Å²) in [5.74, 6) is -2.39. The van der Waals surface area contributed by atoms with Crippen LogP contribution in [0.5, 0.6) is 0 Å². The summed E-state index contributed by atoms with van der Waals surface area (Å²) in [6.07, 6.45) is 1.49. The average Bonchev–Trinajstić information content (AvgIpc) is 3.07. The number of aromatic nitrogens is 3. The fourth-order valence-electron chi connectivity index (χ4n) is 3.23. The Morgan fingerprint density at radius 2 is 2.12 bits per heavy atom. The maximum Gasteiger partial charge on any atom is 0.326 e. The molecule has 1 aliphatic rings. The largest absolute Gasteiger partial charge is 0.480 e. The highest BCUT2D eigenvalue weighted by atomic mass is 19.1. The lowest BCUT2D eigenvalue weighted by Crippen LogP contribution is -2.49. The van der Waals surface area contributed by atoms with Crippen LogP contribution in [-0.2, 0) is 17.8 Å². The highest BCUT2D eigenvalue weighted by Crippen LogP contribution is 2.25. The maximum absolute atomic E-state index is 13.7. The molecule has 1 atom stereocenters. The summed E-state index contributed by atoms with van der Waals surface area (Å²) >= 11 is 0. The van der Waals surface area contributed by atoms with E-state index in [-0.39, 0.29) is 23.9 Å². The normalized spacial score (nSPS) is 16.5. The van der Waals surface area contributed by atoms with Crippen molar-refractivity contribution in [1.29, 1.82) is 0 Å². The summed E-state index contributed by atoms with van der Waals surface area (Å²) in [7, 11) is 0. The number of hydrogen-bond donors (Lipinski definition) is 3. The van der Waals surface area contributed by atoms with Crippen LogP contribution in [0.15, 0.2) is 35.4 Å². The molecule has 1 amide bonds. The summed E-state index contributed by atoms with van der Waals surface area (Å²) in [5.41, 5.74) is 0.948. The van der Waals surface area contributed by atoms with Crippen molar-refractivity contribution in [3.63, 3.8) is 0 Å². The number of rotatable bonds is 2. The number of imidazole rings is 1. The zero-order valence-electron chi connectivity index (χ0n) is 13.3. The summed E-state index contributed by atoms with van der Waals surface area (Å²) in [4.78, 5) is 47.3. The van der Waals surface area contributed by atoms with Crippen LogP contribution in [0, 0.1) is 5.82 Å². The number of benzene rings is 1. The predicted octanol–water partition coefficient (Wildman–Crippen LogP) is 1.04. The van der Waals surface area contributed by atoms with Crippen molar-refractivity contribution < 1.29 is 19.1 Å². The third-order valence-electron chi connectivity index (χ3n) is 4.48. The molecule has 9 heteroatoms. The van der Waals surface area contributed by atoms with Gasteiger partial charge in [0.05, 0.1) is 29.8 Å². The third-order valence-corrected chi connectivity index (χ3v) is 4.48. The Morgan fingerprint density at radius 1 is 1.31 bits per heavy atom. The van der Waals surface area contributed by atoms with Gasteiger partial charge in [-0.05, 0) is 18.2 Å². The number of carboxylic acids is 1. The van der Waals surface area contributed by atoms with Gasteiger partial charge in [-0.2, -0.15) is 0 Å². The smallest absolute Gasteiger partial charge is 0.326 e. The van der Waals surface area contributed by atoms with Gasteiger partial charge in [0.2, 0.25) is 5.56 Å². The van der Waals surface area contributed by atoms with Crippen LogP contribution in [0.2, 0.25) is 0 Å². The molecule has 132 valence electrons. The molecule has 0 unspecified atom stereocenters. The number of nitrogens with zero attached hydrogens (tertiary/aromatic N) is 2. The van der Waals surface area contributed by atoms with E-state index in [0.717, 1.165) is 17.0 Å². The lowest BCUT2D eigenvalue weighted by atomic mass is 10.00. The number of nitrogens with one attached hydrogen (secondary N) is 2. The standard InChI is InChI=1S/C17H13FN4O4/c18-8-1-2-11-9(3-8)10(4-15(23)21-11)16(24)22-6-13-12(19-7-20-13)5-14(22)17(25)26/h1-4,7,14H,5-6H2,(H,19,20)(H,21,23)(H,25,26)/t14-/m1/s1. The van der Waals surface area contributed by atoms with Crippen molar-refractivity contribution in [2.24, 2.45) is 0 Å². The topological polar surface area (TPSA) is 119 Å². The van der Waals surface area contributed by atoms with E-state index >= 15 is 0 Å². The molecule has 0 saturated heterocycles. The lowest BCUT2D eigenvalue weighted by molar-refractivity contribution is -0.142. The molecule has 0 aliphatic carbocycles. The molecule has 1 aliphatic heterocycles. The Labute approximate surface area is 145 Å². The number of hydrogen-bond acceptors (Lipinski definition) is 4. The molecule has 0 bridgehead atoms. The lowest BCUT2D eigenvalue weighted by Gasteiger charge is -2.32. The minimum absolute atomic E-state index is 0.00867. The SMILES string of the molecule is O=C(O)[C@H]1Cc2nc[nH]c2CN1C(=O)c1cc(=O)[nH]c2ccc(F)cc12. The van der Waals surface area contributed by atoms with Gasteiger partial charge < -0.3 is 20.0 Å². The molecule has 3 aromatic rings. The molecule has 8 nitrogen and oxygen atoms in total. The summed E-state index contributed by atoms with van der Waals surface area (Å²) in [6, 6.07) is 3.61. The third kappa shape index (κ3) is 2.53. The van der Waals surface area contributed by atoms with Crippen LogP contribution >= 0.6 is 0 Å². The van der Waals surface area contributed by atoms with Crippen LogP contribution in [0.25, 0.3) is 10.9 Å². The Morgan fingerprint density at radius 3 is 2.88 bits per heavy atom. The van der Waals surface area contributed by atoms with Gasteiger partial charge in [-0.25, -0.2) is 14.2 Å². The number of aliphatic carboxylic acids is 1. The van der Waals surface area contributed by atoms with E-state index in [1.165, 1.54) is 18.5 Å². The average molecular weight is 356 g/mol. The number of pyridine rings is 1. The summed E-state index contributed by atoms with van der Waals surface area (Å²) < 4.78 is 13.7. The number of H-pyrrole nitrogens is 2. The van der Waals surface area contributed by atoms with Crippen molar-refractivity contribution in [3.05, 3.63) is 63.7 Å². The minimum atomic E-state index is -1.17. The number of amides is 1. The van der Waals surface area contributed by atoms with Gasteiger partial charge in [-0.3, -0.25) is 9.59 Å². The van der Waals surface area contributed by atoms with E-state index in [9.17, 15) is 23.9 Å². The van der Waals surface area contributed by atoms with E-state index in [4.69, 9.17) is 0 Å². The number of aromatic amines is 2. The van der Waals surface area contributed by atoms with Gasteiger partial charge in [0, 0.05) is 23.4 Å². The van der Waals surface area contributed by atoms with Crippen molar-refractivity contribution >= 4 is 22.8 Å². The highest BCUT2D eigenvalue weighted by Gasteiger charge is 2.37. The zero-order chi connectivity index (χ0) is 18.4. The molecule has 0 radical (unpaired) electrons. The Bertz CT molecular complexity index is 1100. The number of halogens is 1. The van der Waals surface area contributed by atoms with Gasteiger partial charge in [-0.15, -0.1) is 0 Å². The van der Waals surface area contributed by atoms with Crippen LogP contribution in [-0.4, -0.2) is 42.9 Å². The van der Waals surface area contributed by atoms with Crippen LogP contribution in [0.3, 0.4) is 0 Å². The van der Waals surface area contributed by atoms with Gasteiger partial charge >= 0.3 is 5.97 Å². The summed E-state index contributed by atoms with van der Waals surface area (Å²) in [6.45, 7) is 0.00867. The van der Waals surface area contributed by atoms with Crippen molar-refractivity contribution in [2.45, 2.75) is 19.0 Å². The van der Waals surface area contributed by atoms with E-state index in [0.29, 0.717) is 16.9 Å². The zero-order valence-corrected chi connectivity index (χ0v) is 13.3. The number of carboxylic acid groups (broad SMARTS) is 1. The van der Waals surface area contributed by atoms with E-state index in [1.807, 2.05) is 0 Å². The van der Waals surface area contributed by atoms with Crippen LogP contribution in [0.4, 0.5) is 4.39 Å². The van der Waals surface area contributed by atoms with Crippen LogP contribution in [0.1, 0.15) is 21.7 Å². The van der Waals surface area contributed by atoms with Gasteiger partial charge in [0.1, 0.15) is 11.9 Å². The Hall–Kier alpha value is -3.49. The molecule has 4 rings (SSSR count). The van der Waals surface area contributed by atoms with Crippen LogP contribution < -0.4 is 5.56 Å². The fourth-order valence-corrected chi connectivity index (χ4v) is 3.23. The number of carbonyl (C=O) groups excluding carboxylic acids is 1. The highest BCUT2D eigenvalue weighted by molar-refractivity contribution is 6.07. The Balaban J connectivity index is 1.84. The molecule has 0 saturated carbocycles. The van der Waals surface area contributed by atoms with E-state index < -0.39 is 29.3 Å². The van der Waals surface area contributed by atoms with Gasteiger partial charge in [-0.1, -0.05) is 0 Å². The van der Waals surface area contributed by atoms with E-state index in [1.54, 1.807) is 0 Å². The first-order valence-corrected chi connectivity index (χ1v) is 7.81.